The molecule has 2 aromatic rings. The predicted molar refractivity (Wildman–Crippen MR) is 71.3 cm³/mol. The summed E-state index contributed by atoms with van der Waals surface area (Å²) in [7, 11) is 0. The van der Waals surface area contributed by atoms with E-state index in [1.54, 1.807) is 26.0 Å². The van der Waals surface area contributed by atoms with Crippen LogP contribution in [0.2, 0.25) is 0 Å². The maximum atomic E-state index is 13.4. The SMILES string of the molecule is Cc1cc(CNc2c(F)cccc2F)cc(C)c1O. The molecule has 0 saturated heterocycles. The van der Waals surface area contributed by atoms with Crippen LogP contribution in [0.3, 0.4) is 0 Å². The van der Waals surface area contributed by atoms with Crippen molar-refractivity contribution in [3.8, 4) is 5.75 Å². The number of phenolic OH excluding ortho intramolecular Hbond substituents is 1. The molecule has 0 unspecified atom stereocenters. The maximum absolute atomic E-state index is 13.4. The van der Waals surface area contributed by atoms with E-state index in [2.05, 4.69) is 5.32 Å². The van der Waals surface area contributed by atoms with Gasteiger partial charge in [-0.15, -0.1) is 0 Å². The van der Waals surface area contributed by atoms with Crippen molar-refractivity contribution in [1.29, 1.82) is 0 Å². The molecule has 0 heterocycles. The predicted octanol–water partition coefficient (Wildman–Crippen LogP) is 3.90. The van der Waals surface area contributed by atoms with E-state index in [-0.39, 0.29) is 11.4 Å². The highest BCUT2D eigenvalue weighted by Gasteiger charge is 2.08. The molecule has 0 aliphatic heterocycles. The Hall–Kier alpha value is -2.10. The maximum Gasteiger partial charge on any atom is 0.149 e. The van der Waals surface area contributed by atoms with Crippen molar-refractivity contribution in [1.82, 2.24) is 0 Å². The minimum absolute atomic E-state index is 0.133. The van der Waals surface area contributed by atoms with Crippen LogP contribution in [0.25, 0.3) is 0 Å². The Bertz CT molecular complexity index is 568. The van der Waals surface area contributed by atoms with Gasteiger partial charge in [0, 0.05) is 6.54 Å². The molecule has 19 heavy (non-hydrogen) atoms. The molecular weight excluding hydrogens is 248 g/mol. The van der Waals surface area contributed by atoms with Crippen LogP contribution in [0.15, 0.2) is 30.3 Å². The molecule has 0 atom stereocenters. The third-order valence-electron chi connectivity index (χ3n) is 2.98. The van der Waals surface area contributed by atoms with Crippen molar-refractivity contribution in [2.24, 2.45) is 0 Å². The second-order valence-electron chi connectivity index (χ2n) is 4.53. The number of aryl methyl sites for hydroxylation is 2. The van der Waals surface area contributed by atoms with E-state index < -0.39 is 11.6 Å². The van der Waals surface area contributed by atoms with Crippen LogP contribution in [0.1, 0.15) is 16.7 Å². The van der Waals surface area contributed by atoms with Crippen molar-refractivity contribution < 1.29 is 13.9 Å². The van der Waals surface area contributed by atoms with Gasteiger partial charge in [-0.25, -0.2) is 8.78 Å². The zero-order valence-electron chi connectivity index (χ0n) is 10.8. The van der Waals surface area contributed by atoms with E-state index in [0.717, 1.165) is 16.7 Å². The highest BCUT2D eigenvalue weighted by atomic mass is 19.1. The van der Waals surface area contributed by atoms with Gasteiger partial charge in [-0.05, 0) is 42.7 Å². The average molecular weight is 263 g/mol. The van der Waals surface area contributed by atoms with E-state index in [9.17, 15) is 13.9 Å². The third kappa shape index (κ3) is 2.84. The number of para-hydroxylation sites is 1. The van der Waals surface area contributed by atoms with E-state index in [0.29, 0.717) is 6.54 Å². The Morgan fingerprint density at radius 1 is 1.05 bits per heavy atom. The molecule has 100 valence electrons. The standard InChI is InChI=1S/C15H15F2NO/c1-9-6-11(7-10(2)15(9)19)8-18-14-12(16)4-3-5-13(14)17/h3-7,18-19H,8H2,1-2H3. The molecule has 0 aromatic heterocycles. The first-order valence-electron chi connectivity index (χ1n) is 5.96. The van der Waals surface area contributed by atoms with Crippen molar-refractivity contribution in [3.63, 3.8) is 0 Å². The molecule has 4 heteroatoms. The first-order valence-corrected chi connectivity index (χ1v) is 5.96. The highest BCUT2D eigenvalue weighted by Crippen LogP contribution is 2.24. The number of aromatic hydroxyl groups is 1. The monoisotopic (exact) mass is 263 g/mol. The topological polar surface area (TPSA) is 32.3 Å². The number of rotatable bonds is 3. The van der Waals surface area contributed by atoms with Crippen LogP contribution in [0.4, 0.5) is 14.5 Å². The van der Waals surface area contributed by atoms with Gasteiger partial charge in [-0.1, -0.05) is 18.2 Å². The van der Waals surface area contributed by atoms with Crippen molar-refractivity contribution in [2.45, 2.75) is 20.4 Å². The van der Waals surface area contributed by atoms with Crippen LogP contribution < -0.4 is 5.32 Å². The van der Waals surface area contributed by atoms with Gasteiger partial charge in [-0.3, -0.25) is 0 Å². The number of phenols is 1. The Kier molecular flexibility index (Phi) is 3.69. The summed E-state index contributed by atoms with van der Waals surface area (Å²) in [4.78, 5) is 0. The molecule has 0 bridgehead atoms. The molecule has 0 fully saturated rings. The van der Waals surface area contributed by atoms with E-state index >= 15 is 0 Å². The minimum atomic E-state index is -0.618. The summed E-state index contributed by atoms with van der Waals surface area (Å²) >= 11 is 0. The molecule has 2 N–H and O–H groups in total. The van der Waals surface area contributed by atoms with Crippen LogP contribution in [0.5, 0.6) is 5.75 Å². The average Bonchev–Trinajstić information content (AvgIpc) is 2.35. The lowest BCUT2D eigenvalue weighted by Gasteiger charge is -2.11. The van der Waals surface area contributed by atoms with Gasteiger partial charge in [0.05, 0.1) is 0 Å². The zero-order valence-corrected chi connectivity index (χ0v) is 10.8. The first-order chi connectivity index (χ1) is 8.99. The first kappa shape index (κ1) is 13.3. The van der Waals surface area contributed by atoms with Gasteiger partial charge in [0.25, 0.3) is 0 Å². The number of nitrogens with one attached hydrogen (secondary N) is 1. The number of halogens is 2. The van der Waals surface area contributed by atoms with E-state index in [1.165, 1.54) is 18.2 Å². The molecule has 0 spiro atoms. The zero-order chi connectivity index (χ0) is 14.0. The fraction of sp³-hybridized carbons (Fsp3) is 0.200. The molecule has 0 aliphatic rings. The lowest BCUT2D eigenvalue weighted by Crippen LogP contribution is -2.04. The fourth-order valence-electron chi connectivity index (χ4n) is 2.00. The normalized spacial score (nSPS) is 10.5. The van der Waals surface area contributed by atoms with Gasteiger partial charge in [0.1, 0.15) is 23.1 Å². The number of hydrogen-bond acceptors (Lipinski definition) is 2. The number of anilines is 1. The van der Waals surface area contributed by atoms with Crippen LogP contribution in [-0.4, -0.2) is 5.11 Å². The Morgan fingerprint density at radius 3 is 2.11 bits per heavy atom. The Morgan fingerprint density at radius 2 is 1.58 bits per heavy atom. The molecular formula is C15H15F2NO. The Labute approximate surface area is 110 Å². The second-order valence-corrected chi connectivity index (χ2v) is 4.53. The molecule has 2 aromatic carbocycles. The molecule has 0 amide bonds. The lowest BCUT2D eigenvalue weighted by atomic mass is 10.1. The van der Waals surface area contributed by atoms with Crippen molar-refractivity contribution >= 4 is 5.69 Å². The Balaban J connectivity index is 2.19. The van der Waals surface area contributed by atoms with Crippen molar-refractivity contribution in [3.05, 3.63) is 58.7 Å². The van der Waals surface area contributed by atoms with Crippen LogP contribution >= 0.6 is 0 Å². The molecule has 2 rings (SSSR count). The summed E-state index contributed by atoms with van der Waals surface area (Å²) in [6, 6.07) is 7.31. The molecule has 0 saturated carbocycles. The van der Waals surface area contributed by atoms with Gasteiger partial charge in [0.2, 0.25) is 0 Å². The van der Waals surface area contributed by atoms with Gasteiger partial charge in [-0.2, -0.15) is 0 Å². The van der Waals surface area contributed by atoms with Gasteiger partial charge >= 0.3 is 0 Å². The summed E-state index contributed by atoms with van der Waals surface area (Å²) in [5.41, 5.74) is 2.21. The van der Waals surface area contributed by atoms with E-state index in [1.807, 2.05) is 0 Å². The van der Waals surface area contributed by atoms with Gasteiger partial charge in [0.15, 0.2) is 0 Å². The molecule has 0 radical (unpaired) electrons. The van der Waals surface area contributed by atoms with Crippen LogP contribution in [0, 0.1) is 25.5 Å². The summed E-state index contributed by atoms with van der Waals surface area (Å²) in [5.74, 6) is -0.986. The summed E-state index contributed by atoms with van der Waals surface area (Å²) in [6.45, 7) is 3.87. The molecule has 2 nitrogen and oxygen atoms in total. The molecule has 0 aliphatic carbocycles. The highest BCUT2D eigenvalue weighted by molar-refractivity contribution is 5.48. The number of hydrogen-bond donors (Lipinski definition) is 2. The van der Waals surface area contributed by atoms with Crippen molar-refractivity contribution in [2.75, 3.05) is 5.32 Å². The lowest BCUT2D eigenvalue weighted by molar-refractivity contribution is 0.466. The number of benzene rings is 2. The smallest absolute Gasteiger partial charge is 0.149 e. The summed E-state index contributed by atoms with van der Waals surface area (Å²) in [5, 5.41) is 12.4. The van der Waals surface area contributed by atoms with Gasteiger partial charge < -0.3 is 10.4 Å². The summed E-state index contributed by atoms with van der Waals surface area (Å²) < 4.78 is 26.9. The largest absolute Gasteiger partial charge is 0.507 e. The quantitative estimate of drug-likeness (QED) is 0.880. The summed E-state index contributed by atoms with van der Waals surface area (Å²) in [6.07, 6.45) is 0. The van der Waals surface area contributed by atoms with E-state index in [4.69, 9.17) is 0 Å². The second kappa shape index (κ2) is 5.26. The third-order valence-corrected chi connectivity index (χ3v) is 2.98. The fourth-order valence-corrected chi connectivity index (χ4v) is 2.00. The van der Waals surface area contributed by atoms with Crippen LogP contribution in [-0.2, 0) is 6.54 Å². The minimum Gasteiger partial charge on any atom is -0.507 e.